The lowest BCUT2D eigenvalue weighted by Gasteiger charge is -2.23. The smallest absolute Gasteiger partial charge is 0.489 e. The molecule has 0 aromatic heterocycles. The summed E-state index contributed by atoms with van der Waals surface area (Å²) in [6.07, 6.45) is -3.47. The van der Waals surface area contributed by atoms with Crippen LogP contribution in [-0.4, -0.2) is 46.5 Å². The van der Waals surface area contributed by atoms with Crippen LogP contribution in [0.4, 0.5) is 13.2 Å². The number of nitrogens with zero attached hydrogens (tertiary/aromatic N) is 1. The van der Waals surface area contributed by atoms with Crippen LogP contribution in [0.15, 0.2) is 91.0 Å². The Kier molecular flexibility index (Phi) is 12.1. The number of hydrogen-bond donors (Lipinski definition) is 2. The molecule has 242 valence electrons. The lowest BCUT2D eigenvalue weighted by Crippen LogP contribution is -2.27. The molecule has 0 fully saturated rings. The van der Waals surface area contributed by atoms with Crippen molar-refractivity contribution in [1.29, 1.82) is 0 Å². The fraction of sp³-hybridized carbons (Fsp3) is 0.257. The molecule has 0 aliphatic carbocycles. The van der Waals surface area contributed by atoms with Gasteiger partial charge in [-0.3, -0.25) is 9.69 Å². The Labute approximate surface area is 269 Å². The molecule has 4 rings (SSSR count). The highest BCUT2D eigenvalue weighted by molar-refractivity contribution is 6.30. The van der Waals surface area contributed by atoms with E-state index in [0.29, 0.717) is 55.2 Å². The molecule has 4 aromatic rings. The summed E-state index contributed by atoms with van der Waals surface area (Å²) >= 11 is 5.99. The molecule has 11 heteroatoms. The van der Waals surface area contributed by atoms with Crippen molar-refractivity contribution in [1.82, 2.24) is 4.90 Å². The third-order valence-electron chi connectivity index (χ3n) is 7.21. The van der Waals surface area contributed by atoms with Gasteiger partial charge in [0.2, 0.25) is 0 Å². The number of benzene rings is 4. The molecule has 2 N–H and O–H groups in total. The molecule has 4 aromatic carbocycles. The van der Waals surface area contributed by atoms with Crippen LogP contribution in [0.1, 0.15) is 46.3 Å². The van der Waals surface area contributed by atoms with Gasteiger partial charge in [-0.2, -0.15) is 0 Å². The highest BCUT2D eigenvalue weighted by Crippen LogP contribution is 2.30. The van der Waals surface area contributed by atoms with E-state index in [0.717, 1.165) is 22.3 Å². The number of aliphatic carboxylic acids is 1. The van der Waals surface area contributed by atoms with Crippen molar-refractivity contribution in [2.75, 3.05) is 13.1 Å². The van der Waals surface area contributed by atoms with E-state index in [2.05, 4.69) is 4.74 Å². The number of hydrogen-bond acceptors (Lipinski definition) is 5. The Morgan fingerprint density at radius 3 is 2.02 bits per heavy atom. The molecule has 0 heterocycles. The van der Waals surface area contributed by atoms with E-state index in [1.54, 1.807) is 12.1 Å². The number of carboxylic acid groups (broad SMARTS) is 2. The first-order valence-corrected chi connectivity index (χ1v) is 15.0. The quantitative estimate of drug-likeness (QED) is 0.117. The number of aromatic carboxylic acids is 1. The number of unbranched alkanes of at least 4 members (excludes halogenated alkanes) is 1. The van der Waals surface area contributed by atoms with E-state index in [4.69, 9.17) is 21.4 Å². The fourth-order valence-corrected chi connectivity index (χ4v) is 4.98. The second kappa shape index (κ2) is 16.1. The van der Waals surface area contributed by atoms with Gasteiger partial charge in [0.25, 0.3) is 0 Å². The van der Waals surface area contributed by atoms with Gasteiger partial charge in [0, 0.05) is 24.5 Å². The van der Waals surface area contributed by atoms with Crippen molar-refractivity contribution in [2.24, 2.45) is 0 Å². The largest absolute Gasteiger partial charge is 0.573 e. The molecule has 0 atom stereocenters. The maximum atomic E-state index is 13.0. The minimum Gasteiger partial charge on any atom is -0.489 e. The van der Waals surface area contributed by atoms with E-state index in [-0.39, 0.29) is 24.3 Å². The summed E-state index contributed by atoms with van der Waals surface area (Å²) in [7, 11) is 0. The van der Waals surface area contributed by atoms with Gasteiger partial charge in [-0.25, -0.2) is 4.79 Å². The summed E-state index contributed by atoms with van der Waals surface area (Å²) in [6.45, 7) is 1.56. The lowest BCUT2D eigenvalue weighted by atomic mass is 10.0. The molecule has 0 aliphatic heterocycles. The number of rotatable bonds is 16. The maximum Gasteiger partial charge on any atom is 0.573 e. The molecule has 46 heavy (non-hydrogen) atoms. The summed E-state index contributed by atoms with van der Waals surface area (Å²) in [4.78, 5) is 24.3. The Hall–Kier alpha value is -4.54. The van der Waals surface area contributed by atoms with Gasteiger partial charge in [0.15, 0.2) is 0 Å². The second-order valence-corrected chi connectivity index (χ2v) is 11.1. The van der Waals surface area contributed by atoms with E-state index < -0.39 is 18.3 Å². The van der Waals surface area contributed by atoms with Crippen LogP contribution in [0.25, 0.3) is 11.1 Å². The van der Waals surface area contributed by atoms with Gasteiger partial charge in [-0.05, 0) is 96.1 Å². The lowest BCUT2D eigenvalue weighted by molar-refractivity contribution is -0.274. The number of halogens is 4. The monoisotopic (exact) mass is 655 g/mol. The third kappa shape index (κ3) is 11.1. The summed E-state index contributed by atoms with van der Waals surface area (Å²) in [5.41, 5.74) is 4.37. The Morgan fingerprint density at radius 1 is 0.783 bits per heavy atom. The van der Waals surface area contributed by atoms with Gasteiger partial charge in [0.05, 0.1) is 5.56 Å². The van der Waals surface area contributed by atoms with Gasteiger partial charge < -0.3 is 19.7 Å². The zero-order valence-electron chi connectivity index (χ0n) is 24.8. The molecule has 0 aliphatic rings. The topological polar surface area (TPSA) is 96.3 Å². The average Bonchev–Trinajstić information content (AvgIpc) is 3.01. The first kappa shape index (κ1) is 34.3. The third-order valence-corrected chi connectivity index (χ3v) is 7.46. The second-order valence-electron chi connectivity index (χ2n) is 10.7. The van der Waals surface area contributed by atoms with Gasteiger partial charge >= 0.3 is 18.3 Å². The molecule has 0 unspecified atom stereocenters. The molecular formula is C35H33ClF3NO6. The molecule has 0 amide bonds. The van der Waals surface area contributed by atoms with E-state index >= 15 is 0 Å². The highest BCUT2D eigenvalue weighted by atomic mass is 35.5. The highest BCUT2D eigenvalue weighted by Gasteiger charge is 2.31. The Balaban J connectivity index is 1.49. The van der Waals surface area contributed by atoms with Crippen molar-refractivity contribution >= 4 is 23.5 Å². The van der Waals surface area contributed by atoms with Crippen molar-refractivity contribution in [3.05, 3.63) is 118 Å². The summed E-state index contributed by atoms with van der Waals surface area (Å²) in [5, 5.41) is 18.9. The summed E-state index contributed by atoms with van der Waals surface area (Å²) in [6, 6.07) is 25.6. The van der Waals surface area contributed by atoms with Crippen molar-refractivity contribution in [3.63, 3.8) is 0 Å². The van der Waals surface area contributed by atoms with Crippen LogP contribution in [0.5, 0.6) is 11.5 Å². The Morgan fingerprint density at radius 2 is 1.41 bits per heavy atom. The number of carboxylic acids is 2. The van der Waals surface area contributed by atoms with Crippen molar-refractivity contribution in [3.8, 4) is 22.6 Å². The zero-order chi connectivity index (χ0) is 33.1. The van der Waals surface area contributed by atoms with E-state index in [1.807, 2.05) is 53.4 Å². The van der Waals surface area contributed by atoms with E-state index in [9.17, 15) is 27.9 Å². The van der Waals surface area contributed by atoms with Gasteiger partial charge in [-0.15, -0.1) is 13.2 Å². The molecule has 0 radical (unpaired) electrons. The minimum absolute atomic E-state index is 0.0244. The molecule has 7 nitrogen and oxygen atoms in total. The number of carbonyl (C=O) groups is 2. The predicted octanol–water partition coefficient (Wildman–Crippen LogP) is 8.48. The van der Waals surface area contributed by atoms with Gasteiger partial charge in [-0.1, -0.05) is 60.1 Å². The first-order chi connectivity index (χ1) is 21.9. The Bertz CT molecular complexity index is 1590. The first-order valence-electron chi connectivity index (χ1n) is 14.6. The van der Waals surface area contributed by atoms with Crippen molar-refractivity contribution < 1.29 is 42.4 Å². The molecule has 0 bridgehead atoms. The summed E-state index contributed by atoms with van der Waals surface area (Å²) < 4.78 is 49.4. The van der Waals surface area contributed by atoms with Crippen LogP contribution < -0.4 is 9.47 Å². The van der Waals surface area contributed by atoms with Crippen LogP contribution in [0.3, 0.4) is 0 Å². The molecule has 0 spiro atoms. The minimum atomic E-state index is -4.86. The van der Waals surface area contributed by atoms with Crippen LogP contribution >= 0.6 is 11.6 Å². The predicted molar refractivity (Wildman–Crippen MR) is 168 cm³/mol. The number of alkyl halides is 3. The van der Waals surface area contributed by atoms with E-state index in [1.165, 1.54) is 30.3 Å². The van der Waals surface area contributed by atoms with Crippen molar-refractivity contribution in [2.45, 2.75) is 45.2 Å². The molecular weight excluding hydrogens is 623 g/mol. The van der Waals surface area contributed by atoms with Gasteiger partial charge in [0.1, 0.15) is 18.1 Å². The zero-order valence-corrected chi connectivity index (χ0v) is 25.6. The number of ether oxygens (including phenoxy) is 2. The maximum absolute atomic E-state index is 13.0. The average molecular weight is 656 g/mol. The summed E-state index contributed by atoms with van der Waals surface area (Å²) in [5.74, 6) is -1.88. The van der Waals surface area contributed by atoms with Crippen LogP contribution in [-0.2, 0) is 24.4 Å². The fourth-order valence-electron chi connectivity index (χ4n) is 4.86. The molecule has 0 saturated carbocycles. The van der Waals surface area contributed by atoms with Crippen LogP contribution in [0.2, 0.25) is 5.02 Å². The normalized spacial score (nSPS) is 11.4. The van der Waals surface area contributed by atoms with Crippen LogP contribution in [0, 0.1) is 0 Å². The SMILES string of the molecule is O=C(O)CCCCN(CCc1cc(OC(F)(F)F)ccc1OCc1ccc(-c2ccc(Cl)cc2)cc1)Cc1ccc(C(=O)O)cc1. The molecule has 0 saturated heterocycles. The standard InChI is InChI=1S/C35H33ClF3NO6/c36-30-14-12-27(13-15-30)26-8-6-25(7-9-26)23-45-32-17-16-31(46-35(37,38)39)21-29(32)18-20-40(19-2-1-3-33(41)42)22-24-4-10-28(11-5-24)34(43)44/h4-17,21H,1-3,18-20,22-23H2,(H,41,42)(H,43,44).